The van der Waals surface area contributed by atoms with Gasteiger partial charge in [-0.05, 0) is 43.4 Å². The highest BCUT2D eigenvalue weighted by Crippen LogP contribution is 2.40. The second-order valence-electron chi connectivity index (χ2n) is 6.14. The highest BCUT2D eigenvalue weighted by Gasteiger charge is 2.15. The average Bonchev–Trinajstić information content (AvgIpc) is 2.64. The summed E-state index contributed by atoms with van der Waals surface area (Å²) in [5, 5.41) is 0.933. The first-order valence-electron chi connectivity index (χ1n) is 8.59. The van der Waals surface area contributed by atoms with E-state index >= 15 is 0 Å². The lowest BCUT2D eigenvalue weighted by Gasteiger charge is -2.16. The van der Waals surface area contributed by atoms with Crippen molar-refractivity contribution in [1.82, 2.24) is 4.98 Å². The summed E-state index contributed by atoms with van der Waals surface area (Å²) in [7, 11) is 1.63. The number of pyridine rings is 1. The normalized spacial score (nSPS) is 10.8. The predicted molar refractivity (Wildman–Crippen MR) is 102 cm³/mol. The van der Waals surface area contributed by atoms with E-state index in [0.29, 0.717) is 18.0 Å². The number of ether oxygens (including phenoxy) is 2. The first-order chi connectivity index (χ1) is 12.2. The van der Waals surface area contributed by atoms with Gasteiger partial charge in [0.15, 0.2) is 11.5 Å². The number of hydrogen-bond donors (Lipinski definition) is 1. The van der Waals surface area contributed by atoms with Crippen molar-refractivity contribution in [1.29, 1.82) is 0 Å². The van der Waals surface area contributed by atoms with Crippen LogP contribution in [0.4, 0.5) is 5.69 Å². The molecule has 0 radical (unpaired) electrons. The van der Waals surface area contributed by atoms with Crippen molar-refractivity contribution in [3.8, 4) is 11.5 Å². The summed E-state index contributed by atoms with van der Waals surface area (Å²) >= 11 is 0. The van der Waals surface area contributed by atoms with Crippen LogP contribution in [0.1, 0.15) is 24.0 Å². The summed E-state index contributed by atoms with van der Waals surface area (Å²) in [6, 6.07) is 14.3. The van der Waals surface area contributed by atoms with Crippen molar-refractivity contribution in [2.24, 2.45) is 0 Å². The second-order valence-corrected chi connectivity index (χ2v) is 6.14. The van der Waals surface area contributed by atoms with Crippen molar-refractivity contribution >= 4 is 16.6 Å². The van der Waals surface area contributed by atoms with Gasteiger partial charge in [0.2, 0.25) is 0 Å². The molecule has 0 aliphatic carbocycles. The van der Waals surface area contributed by atoms with E-state index in [2.05, 4.69) is 29.2 Å². The van der Waals surface area contributed by atoms with Gasteiger partial charge in [-0.3, -0.25) is 4.98 Å². The Morgan fingerprint density at radius 3 is 2.64 bits per heavy atom. The zero-order valence-corrected chi connectivity index (χ0v) is 14.8. The Bertz CT molecular complexity index is 847. The molecule has 3 rings (SSSR count). The van der Waals surface area contributed by atoms with Crippen LogP contribution in [0.25, 0.3) is 10.9 Å². The Labute approximate surface area is 148 Å². The second kappa shape index (κ2) is 7.88. The molecule has 0 aliphatic rings. The van der Waals surface area contributed by atoms with E-state index < -0.39 is 0 Å². The van der Waals surface area contributed by atoms with Gasteiger partial charge in [0, 0.05) is 12.3 Å². The molecule has 0 amide bonds. The smallest absolute Gasteiger partial charge is 0.170 e. The number of benzene rings is 2. The lowest BCUT2D eigenvalue weighted by Crippen LogP contribution is -2.03. The van der Waals surface area contributed by atoms with E-state index in [4.69, 9.17) is 15.2 Å². The molecule has 2 aromatic carbocycles. The number of anilines is 1. The van der Waals surface area contributed by atoms with Gasteiger partial charge >= 0.3 is 0 Å². The molecule has 0 unspecified atom stereocenters. The lowest BCUT2D eigenvalue weighted by atomic mass is 10.1. The van der Waals surface area contributed by atoms with Crippen molar-refractivity contribution in [2.75, 3.05) is 19.5 Å². The van der Waals surface area contributed by atoms with Crippen LogP contribution in [0.3, 0.4) is 0 Å². The van der Waals surface area contributed by atoms with E-state index in [1.54, 1.807) is 19.4 Å². The Morgan fingerprint density at radius 1 is 1.08 bits per heavy atom. The lowest BCUT2D eigenvalue weighted by molar-refractivity contribution is 0.290. The van der Waals surface area contributed by atoms with Crippen molar-refractivity contribution < 1.29 is 9.47 Å². The Kier molecular flexibility index (Phi) is 5.39. The van der Waals surface area contributed by atoms with E-state index in [9.17, 15) is 0 Å². The van der Waals surface area contributed by atoms with Crippen LogP contribution < -0.4 is 15.2 Å². The van der Waals surface area contributed by atoms with Gasteiger partial charge in [-0.1, -0.05) is 30.3 Å². The highest BCUT2D eigenvalue weighted by molar-refractivity contribution is 5.98. The van der Waals surface area contributed by atoms with Crippen molar-refractivity contribution in [3.63, 3.8) is 0 Å². The van der Waals surface area contributed by atoms with Gasteiger partial charge in [-0.25, -0.2) is 0 Å². The molecule has 4 nitrogen and oxygen atoms in total. The van der Waals surface area contributed by atoms with E-state index in [-0.39, 0.29) is 0 Å². The van der Waals surface area contributed by atoms with Gasteiger partial charge in [-0.2, -0.15) is 0 Å². The van der Waals surface area contributed by atoms with E-state index in [1.807, 2.05) is 19.1 Å². The first kappa shape index (κ1) is 17.1. The standard InChI is InChI=1S/C21H24N2O2/c1-15-11-12-23-20-17(22)14-18(24-2)21(19(15)20)25-13-7-6-10-16-8-4-3-5-9-16/h3-5,8-9,11-12,14H,6-7,10,13,22H2,1-2H3. The van der Waals surface area contributed by atoms with Crippen LogP contribution >= 0.6 is 0 Å². The largest absolute Gasteiger partial charge is 0.493 e. The number of nitrogens with two attached hydrogens (primary N) is 1. The molecule has 1 heterocycles. The van der Waals surface area contributed by atoms with Crippen LogP contribution in [-0.2, 0) is 6.42 Å². The van der Waals surface area contributed by atoms with Crippen molar-refractivity contribution in [3.05, 3.63) is 59.8 Å². The molecule has 25 heavy (non-hydrogen) atoms. The fourth-order valence-corrected chi connectivity index (χ4v) is 3.01. The summed E-state index contributed by atoms with van der Waals surface area (Å²) in [5.41, 5.74) is 9.92. The van der Waals surface area contributed by atoms with Crippen LogP contribution in [0, 0.1) is 6.92 Å². The molecule has 3 aromatic rings. The zero-order chi connectivity index (χ0) is 17.6. The third kappa shape index (κ3) is 3.85. The zero-order valence-electron chi connectivity index (χ0n) is 14.8. The third-order valence-corrected chi connectivity index (χ3v) is 4.34. The quantitative estimate of drug-likeness (QED) is 0.508. The predicted octanol–water partition coefficient (Wildman–Crippen LogP) is 4.54. The monoisotopic (exact) mass is 336 g/mol. The molecule has 1 aromatic heterocycles. The van der Waals surface area contributed by atoms with Crippen LogP contribution in [0.5, 0.6) is 11.5 Å². The van der Waals surface area contributed by atoms with Gasteiger partial charge in [-0.15, -0.1) is 0 Å². The maximum absolute atomic E-state index is 6.11. The average molecular weight is 336 g/mol. The first-order valence-corrected chi connectivity index (χ1v) is 8.59. The molecular weight excluding hydrogens is 312 g/mol. The maximum Gasteiger partial charge on any atom is 0.170 e. The fourth-order valence-electron chi connectivity index (χ4n) is 3.01. The number of aryl methyl sites for hydroxylation is 2. The summed E-state index contributed by atoms with van der Waals surface area (Å²) in [6.07, 6.45) is 4.88. The topological polar surface area (TPSA) is 57.4 Å². The van der Waals surface area contributed by atoms with Crippen LogP contribution in [-0.4, -0.2) is 18.7 Å². The Hall–Kier alpha value is -2.75. The highest BCUT2D eigenvalue weighted by atomic mass is 16.5. The van der Waals surface area contributed by atoms with Crippen molar-refractivity contribution in [2.45, 2.75) is 26.2 Å². The molecule has 0 saturated carbocycles. The fraction of sp³-hybridized carbons (Fsp3) is 0.286. The number of methoxy groups -OCH3 is 1. The van der Waals surface area contributed by atoms with Gasteiger partial charge < -0.3 is 15.2 Å². The minimum atomic E-state index is 0.604. The maximum atomic E-state index is 6.11. The molecule has 0 saturated heterocycles. The molecule has 0 fully saturated rings. The SMILES string of the molecule is COc1cc(N)c2nccc(C)c2c1OCCCCc1ccccc1. The summed E-state index contributed by atoms with van der Waals surface area (Å²) in [6.45, 7) is 2.67. The summed E-state index contributed by atoms with van der Waals surface area (Å²) in [5.74, 6) is 1.39. The van der Waals surface area contributed by atoms with Gasteiger partial charge in [0.1, 0.15) is 0 Å². The molecular formula is C21H24N2O2. The minimum absolute atomic E-state index is 0.604. The summed E-state index contributed by atoms with van der Waals surface area (Å²) < 4.78 is 11.6. The molecule has 4 heteroatoms. The number of nitrogens with zero attached hydrogens (tertiary/aromatic N) is 1. The molecule has 0 bridgehead atoms. The molecule has 130 valence electrons. The number of unbranched alkanes of at least 4 members (excludes halogenated alkanes) is 1. The molecule has 2 N–H and O–H groups in total. The number of hydrogen-bond acceptors (Lipinski definition) is 4. The number of fused-ring (bicyclic) bond motifs is 1. The summed E-state index contributed by atoms with van der Waals surface area (Å²) in [4.78, 5) is 4.40. The van der Waals surface area contributed by atoms with E-state index in [0.717, 1.165) is 41.5 Å². The minimum Gasteiger partial charge on any atom is -0.493 e. The van der Waals surface area contributed by atoms with Crippen LogP contribution in [0.15, 0.2) is 48.7 Å². The van der Waals surface area contributed by atoms with Crippen LogP contribution in [0.2, 0.25) is 0 Å². The molecule has 0 atom stereocenters. The number of nitrogen functional groups attached to an aromatic ring is 1. The Morgan fingerprint density at radius 2 is 1.88 bits per heavy atom. The number of aromatic nitrogens is 1. The van der Waals surface area contributed by atoms with E-state index in [1.165, 1.54) is 5.56 Å². The molecule has 0 aliphatic heterocycles. The third-order valence-electron chi connectivity index (χ3n) is 4.34. The number of rotatable bonds is 7. The van der Waals surface area contributed by atoms with Gasteiger partial charge in [0.05, 0.1) is 30.3 Å². The molecule has 0 spiro atoms. The Balaban J connectivity index is 1.71. The van der Waals surface area contributed by atoms with Gasteiger partial charge in [0.25, 0.3) is 0 Å².